The minimum absolute atomic E-state index is 0.0884. The molecule has 6 heteroatoms. The molecular weight excluding hydrogens is 299 g/mol. The molecule has 2 N–H and O–H groups in total. The van der Waals surface area contributed by atoms with Gasteiger partial charge in [0.05, 0.1) is 6.61 Å². The quantitative estimate of drug-likeness (QED) is 0.778. The first kappa shape index (κ1) is 19.2. The van der Waals surface area contributed by atoms with Crippen LogP contribution in [0.1, 0.15) is 40.5 Å². The number of carbonyl (C=O) groups excluding carboxylic acids is 1. The Morgan fingerprint density at radius 1 is 1.26 bits per heavy atom. The zero-order chi connectivity index (χ0) is 17.5. The molecule has 0 unspecified atom stereocenters. The molecule has 0 aliphatic rings. The van der Waals surface area contributed by atoms with Crippen LogP contribution in [-0.4, -0.2) is 36.2 Å². The van der Waals surface area contributed by atoms with Crippen molar-refractivity contribution in [2.45, 2.75) is 46.1 Å². The average molecular weight is 326 g/mol. The molecule has 23 heavy (non-hydrogen) atoms. The predicted molar refractivity (Wildman–Crippen MR) is 88.3 cm³/mol. The van der Waals surface area contributed by atoms with Crippen molar-refractivity contribution < 1.29 is 18.7 Å². The lowest BCUT2D eigenvalue weighted by molar-refractivity contribution is 0.109. The van der Waals surface area contributed by atoms with Crippen LogP contribution >= 0.6 is 0 Å². The van der Waals surface area contributed by atoms with E-state index in [1.54, 1.807) is 4.90 Å². The van der Waals surface area contributed by atoms with E-state index in [4.69, 9.17) is 15.2 Å². The summed E-state index contributed by atoms with van der Waals surface area (Å²) in [5.74, 6) is -0.0481. The smallest absolute Gasteiger partial charge is 0.415 e. The number of rotatable bonds is 7. The molecule has 0 saturated carbocycles. The van der Waals surface area contributed by atoms with Crippen molar-refractivity contribution in [2.24, 2.45) is 5.73 Å². The molecule has 0 spiro atoms. The van der Waals surface area contributed by atoms with Crippen LogP contribution in [0.15, 0.2) is 18.2 Å². The fourth-order valence-corrected chi connectivity index (χ4v) is 2.14. The number of benzene rings is 1. The number of ether oxygens (including phenoxy) is 2. The first-order chi connectivity index (χ1) is 10.8. The Morgan fingerprint density at radius 3 is 2.52 bits per heavy atom. The highest BCUT2D eigenvalue weighted by molar-refractivity contribution is 5.72. The van der Waals surface area contributed by atoms with Crippen LogP contribution in [0.25, 0.3) is 0 Å². The average Bonchev–Trinajstić information content (AvgIpc) is 2.44. The van der Waals surface area contributed by atoms with E-state index >= 15 is 0 Å². The summed E-state index contributed by atoms with van der Waals surface area (Å²) in [5.41, 5.74) is 5.05. The van der Waals surface area contributed by atoms with Gasteiger partial charge in [0.2, 0.25) is 0 Å². The molecule has 0 atom stereocenters. The lowest BCUT2D eigenvalue weighted by Gasteiger charge is -2.33. The van der Waals surface area contributed by atoms with Gasteiger partial charge in [0.1, 0.15) is 5.82 Å². The number of nitrogens with zero attached hydrogens (tertiary/aromatic N) is 1. The molecule has 0 radical (unpaired) electrons. The molecule has 0 bridgehead atoms. The highest BCUT2D eigenvalue weighted by Gasteiger charge is 2.27. The van der Waals surface area contributed by atoms with E-state index in [1.807, 2.05) is 27.7 Å². The number of unbranched alkanes of at least 4 members (excludes halogenated alkanes) is 1. The van der Waals surface area contributed by atoms with E-state index in [0.29, 0.717) is 25.4 Å². The molecular formula is C17H27FN2O3. The van der Waals surface area contributed by atoms with Gasteiger partial charge < -0.3 is 20.1 Å². The molecule has 1 aromatic rings. The summed E-state index contributed by atoms with van der Waals surface area (Å²) in [5, 5.41) is 0. The van der Waals surface area contributed by atoms with Gasteiger partial charge in [0.25, 0.3) is 0 Å². The van der Waals surface area contributed by atoms with Gasteiger partial charge in [-0.1, -0.05) is 0 Å². The van der Waals surface area contributed by atoms with Gasteiger partial charge >= 0.3 is 6.09 Å². The van der Waals surface area contributed by atoms with E-state index in [2.05, 4.69) is 0 Å². The third-order valence-corrected chi connectivity index (χ3v) is 3.31. The molecule has 1 rings (SSSR count). The molecule has 0 aromatic heterocycles. The zero-order valence-corrected chi connectivity index (χ0v) is 14.4. The van der Waals surface area contributed by atoms with E-state index in [-0.39, 0.29) is 11.3 Å². The highest BCUT2D eigenvalue weighted by Crippen LogP contribution is 2.29. The fourth-order valence-electron chi connectivity index (χ4n) is 2.14. The van der Waals surface area contributed by atoms with Gasteiger partial charge in [-0.05, 0) is 59.2 Å². The van der Waals surface area contributed by atoms with Gasteiger partial charge in [-0.25, -0.2) is 9.18 Å². The van der Waals surface area contributed by atoms with Crippen LogP contribution in [0.4, 0.5) is 9.18 Å². The fraction of sp³-hybridized carbons (Fsp3) is 0.588. The van der Waals surface area contributed by atoms with Crippen LogP contribution in [0, 0.1) is 5.82 Å². The standard InChI is InChI=1S/C17H27FN2O3/c1-5-20(17(2,3)4)16(21)23-15-12-13(18)8-9-14(15)22-11-7-6-10-19/h8-9,12H,5-7,10-11,19H2,1-4H3. The number of hydrogen-bond donors (Lipinski definition) is 1. The Morgan fingerprint density at radius 2 is 1.96 bits per heavy atom. The lowest BCUT2D eigenvalue weighted by Crippen LogP contribution is -2.46. The molecule has 0 saturated heterocycles. The number of carbonyl (C=O) groups is 1. The zero-order valence-electron chi connectivity index (χ0n) is 14.4. The van der Waals surface area contributed by atoms with Crippen molar-refractivity contribution >= 4 is 6.09 Å². The largest absolute Gasteiger partial charge is 0.490 e. The monoisotopic (exact) mass is 326 g/mol. The molecule has 1 amide bonds. The summed E-state index contributed by atoms with van der Waals surface area (Å²) in [6.45, 7) is 9.11. The van der Waals surface area contributed by atoms with Crippen molar-refractivity contribution in [1.29, 1.82) is 0 Å². The molecule has 0 heterocycles. The van der Waals surface area contributed by atoms with Crippen molar-refractivity contribution in [3.63, 3.8) is 0 Å². The predicted octanol–water partition coefficient (Wildman–Crippen LogP) is 3.56. The summed E-state index contributed by atoms with van der Waals surface area (Å²) >= 11 is 0. The Balaban J connectivity index is 2.85. The maximum Gasteiger partial charge on any atom is 0.415 e. The van der Waals surface area contributed by atoms with Crippen molar-refractivity contribution in [3.05, 3.63) is 24.0 Å². The van der Waals surface area contributed by atoms with E-state index in [0.717, 1.165) is 18.9 Å². The summed E-state index contributed by atoms with van der Waals surface area (Å²) in [4.78, 5) is 13.9. The van der Waals surface area contributed by atoms with Gasteiger partial charge in [-0.15, -0.1) is 0 Å². The van der Waals surface area contributed by atoms with E-state index in [9.17, 15) is 9.18 Å². The van der Waals surface area contributed by atoms with Crippen LogP contribution in [-0.2, 0) is 0 Å². The second-order valence-corrected chi connectivity index (χ2v) is 6.22. The maximum atomic E-state index is 13.5. The minimum atomic E-state index is -0.530. The Hall–Kier alpha value is -1.82. The van der Waals surface area contributed by atoms with Gasteiger partial charge in [-0.3, -0.25) is 0 Å². The van der Waals surface area contributed by atoms with Crippen LogP contribution in [0.2, 0.25) is 0 Å². The lowest BCUT2D eigenvalue weighted by atomic mass is 10.1. The van der Waals surface area contributed by atoms with Crippen molar-refractivity contribution in [2.75, 3.05) is 19.7 Å². The van der Waals surface area contributed by atoms with Crippen LogP contribution in [0.3, 0.4) is 0 Å². The Kier molecular flexibility index (Phi) is 7.29. The van der Waals surface area contributed by atoms with Gasteiger partial charge in [0, 0.05) is 18.2 Å². The first-order valence-corrected chi connectivity index (χ1v) is 7.91. The summed E-state index contributed by atoms with van der Waals surface area (Å²) in [6, 6.07) is 3.90. The molecule has 1 aromatic carbocycles. The topological polar surface area (TPSA) is 64.8 Å². The number of halogens is 1. The normalized spacial score (nSPS) is 11.2. The second kappa shape index (κ2) is 8.72. The molecule has 5 nitrogen and oxygen atoms in total. The van der Waals surface area contributed by atoms with Gasteiger partial charge in [-0.2, -0.15) is 0 Å². The first-order valence-electron chi connectivity index (χ1n) is 7.91. The molecule has 0 aliphatic carbocycles. The molecule has 0 fully saturated rings. The molecule has 0 aliphatic heterocycles. The Labute approximate surface area is 137 Å². The number of amides is 1. The summed E-state index contributed by atoms with van der Waals surface area (Å²) in [6.07, 6.45) is 1.09. The summed E-state index contributed by atoms with van der Waals surface area (Å²) in [7, 11) is 0. The number of nitrogens with two attached hydrogens (primary N) is 1. The third-order valence-electron chi connectivity index (χ3n) is 3.31. The van der Waals surface area contributed by atoms with Gasteiger partial charge in [0.15, 0.2) is 11.5 Å². The van der Waals surface area contributed by atoms with Crippen LogP contribution in [0.5, 0.6) is 11.5 Å². The SMILES string of the molecule is CCN(C(=O)Oc1cc(F)ccc1OCCCCN)C(C)(C)C. The Bertz CT molecular complexity index is 515. The van der Waals surface area contributed by atoms with E-state index < -0.39 is 11.9 Å². The van der Waals surface area contributed by atoms with Crippen molar-refractivity contribution in [3.8, 4) is 11.5 Å². The minimum Gasteiger partial charge on any atom is -0.490 e. The van der Waals surface area contributed by atoms with Crippen molar-refractivity contribution in [1.82, 2.24) is 4.90 Å². The number of hydrogen-bond acceptors (Lipinski definition) is 4. The maximum absolute atomic E-state index is 13.5. The van der Waals surface area contributed by atoms with Crippen LogP contribution < -0.4 is 15.2 Å². The second-order valence-electron chi connectivity index (χ2n) is 6.22. The van der Waals surface area contributed by atoms with E-state index in [1.165, 1.54) is 12.1 Å². The third kappa shape index (κ3) is 6.06. The highest BCUT2D eigenvalue weighted by atomic mass is 19.1. The summed E-state index contributed by atoms with van der Waals surface area (Å²) < 4.78 is 24.4. The molecule has 130 valence electrons.